The number of anilines is 2. The topological polar surface area (TPSA) is 50.9 Å². The molecule has 1 rings (SSSR count). The van der Waals surface area contributed by atoms with Gasteiger partial charge in [-0.05, 0) is 6.07 Å². The molecule has 4 heteroatoms. The fraction of sp³-hybridized carbons (Fsp3) is 0.300. The number of aromatic nitrogens is 1. The van der Waals surface area contributed by atoms with Gasteiger partial charge in [-0.3, -0.25) is 0 Å². The minimum absolute atomic E-state index is 0.550. The lowest BCUT2D eigenvalue weighted by molar-refractivity contribution is 1.21. The molecule has 14 heavy (non-hydrogen) atoms. The van der Waals surface area contributed by atoms with E-state index in [0.717, 1.165) is 23.7 Å². The van der Waals surface area contributed by atoms with Crippen LogP contribution in [0.4, 0.5) is 11.5 Å². The van der Waals surface area contributed by atoms with E-state index < -0.39 is 0 Å². The second kappa shape index (κ2) is 6.32. The maximum atomic E-state index is 5.54. The Morgan fingerprint density at radius 3 is 3.21 bits per heavy atom. The second-order valence-electron chi connectivity index (χ2n) is 2.76. The monoisotopic (exact) mass is 209 g/mol. The van der Waals surface area contributed by atoms with E-state index in [2.05, 4.69) is 16.9 Å². The van der Waals surface area contributed by atoms with Gasteiger partial charge in [0.1, 0.15) is 5.82 Å². The summed E-state index contributed by atoms with van der Waals surface area (Å²) < 4.78 is 0. The zero-order valence-corrected chi connectivity index (χ0v) is 8.89. The number of nitrogens with zero attached hydrogens (tertiary/aromatic N) is 1. The first-order valence-electron chi connectivity index (χ1n) is 4.47. The van der Waals surface area contributed by atoms with Gasteiger partial charge in [0.2, 0.25) is 0 Å². The van der Waals surface area contributed by atoms with Gasteiger partial charge in [-0.1, -0.05) is 6.08 Å². The summed E-state index contributed by atoms with van der Waals surface area (Å²) >= 11 is 1.85. The fourth-order valence-electron chi connectivity index (χ4n) is 0.992. The van der Waals surface area contributed by atoms with Crippen molar-refractivity contribution in [3.63, 3.8) is 0 Å². The quantitative estimate of drug-likeness (QED) is 0.556. The van der Waals surface area contributed by atoms with Crippen LogP contribution in [0.3, 0.4) is 0 Å². The number of hydrogen-bond acceptors (Lipinski definition) is 4. The molecule has 1 aromatic rings. The summed E-state index contributed by atoms with van der Waals surface area (Å²) in [6.07, 6.45) is 3.61. The number of rotatable bonds is 6. The smallest absolute Gasteiger partial charge is 0.125 e. The van der Waals surface area contributed by atoms with Crippen molar-refractivity contribution in [1.82, 2.24) is 4.98 Å². The van der Waals surface area contributed by atoms with Crippen LogP contribution in [-0.2, 0) is 0 Å². The Morgan fingerprint density at radius 2 is 2.50 bits per heavy atom. The molecular weight excluding hydrogens is 194 g/mol. The Hall–Kier alpha value is -1.16. The third kappa shape index (κ3) is 4.18. The van der Waals surface area contributed by atoms with Crippen LogP contribution >= 0.6 is 11.8 Å². The molecule has 0 aromatic carbocycles. The molecule has 0 saturated heterocycles. The van der Waals surface area contributed by atoms with Gasteiger partial charge in [-0.25, -0.2) is 4.98 Å². The van der Waals surface area contributed by atoms with Gasteiger partial charge in [0.15, 0.2) is 0 Å². The molecule has 0 aliphatic heterocycles. The number of nitrogen functional groups attached to an aromatic ring is 1. The van der Waals surface area contributed by atoms with Gasteiger partial charge in [-0.15, -0.1) is 6.58 Å². The van der Waals surface area contributed by atoms with Crippen molar-refractivity contribution in [2.45, 2.75) is 0 Å². The maximum Gasteiger partial charge on any atom is 0.125 e. The molecule has 0 bridgehead atoms. The van der Waals surface area contributed by atoms with Crippen LogP contribution in [0.1, 0.15) is 0 Å². The summed E-state index contributed by atoms with van der Waals surface area (Å²) in [4.78, 5) is 3.92. The Labute approximate surface area is 88.8 Å². The lowest BCUT2D eigenvalue weighted by atomic mass is 10.4. The molecule has 3 nitrogen and oxygen atoms in total. The fourth-order valence-corrected chi connectivity index (χ4v) is 1.57. The van der Waals surface area contributed by atoms with Crippen molar-refractivity contribution in [3.8, 4) is 0 Å². The van der Waals surface area contributed by atoms with Gasteiger partial charge in [-0.2, -0.15) is 11.8 Å². The summed E-state index contributed by atoms with van der Waals surface area (Å²) in [7, 11) is 0. The van der Waals surface area contributed by atoms with Gasteiger partial charge in [0.25, 0.3) is 0 Å². The van der Waals surface area contributed by atoms with Crippen LogP contribution in [0.25, 0.3) is 0 Å². The lowest BCUT2D eigenvalue weighted by Gasteiger charge is -2.05. The first-order valence-corrected chi connectivity index (χ1v) is 5.62. The van der Waals surface area contributed by atoms with E-state index in [9.17, 15) is 0 Å². The molecule has 0 aliphatic carbocycles. The molecule has 0 spiro atoms. The summed E-state index contributed by atoms with van der Waals surface area (Å²) in [6, 6.07) is 3.74. The van der Waals surface area contributed by atoms with Crippen molar-refractivity contribution in [1.29, 1.82) is 0 Å². The molecule has 0 radical (unpaired) electrons. The highest BCUT2D eigenvalue weighted by atomic mass is 32.2. The lowest BCUT2D eigenvalue weighted by Crippen LogP contribution is -2.04. The Bertz CT molecular complexity index is 288. The Morgan fingerprint density at radius 1 is 1.64 bits per heavy atom. The largest absolute Gasteiger partial charge is 0.384 e. The van der Waals surface area contributed by atoms with Gasteiger partial charge in [0.05, 0.1) is 0 Å². The van der Waals surface area contributed by atoms with E-state index in [1.807, 2.05) is 30.0 Å². The van der Waals surface area contributed by atoms with Gasteiger partial charge < -0.3 is 11.1 Å². The summed E-state index contributed by atoms with van der Waals surface area (Å²) in [5, 5.41) is 3.27. The molecular formula is C10H15N3S. The molecule has 0 saturated carbocycles. The predicted molar refractivity (Wildman–Crippen MR) is 64.7 cm³/mol. The normalized spacial score (nSPS) is 9.71. The molecule has 0 unspecified atom stereocenters. The Kier molecular flexibility index (Phi) is 4.93. The maximum absolute atomic E-state index is 5.54. The van der Waals surface area contributed by atoms with E-state index in [4.69, 9.17) is 5.73 Å². The zero-order chi connectivity index (χ0) is 10.2. The van der Waals surface area contributed by atoms with E-state index in [1.165, 1.54) is 0 Å². The highest BCUT2D eigenvalue weighted by Gasteiger charge is 1.92. The minimum atomic E-state index is 0.550. The number of thioether (sulfide) groups is 1. The molecule has 76 valence electrons. The molecule has 0 fully saturated rings. The average molecular weight is 209 g/mol. The molecule has 3 N–H and O–H groups in total. The van der Waals surface area contributed by atoms with E-state index in [1.54, 1.807) is 6.20 Å². The zero-order valence-electron chi connectivity index (χ0n) is 8.07. The highest BCUT2D eigenvalue weighted by molar-refractivity contribution is 7.99. The highest BCUT2D eigenvalue weighted by Crippen LogP contribution is 2.09. The van der Waals surface area contributed by atoms with Crippen LogP contribution in [-0.4, -0.2) is 23.0 Å². The number of hydrogen-bond donors (Lipinski definition) is 2. The van der Waals surface area contributed by atoms with Crippen LogP contribution in [0.5, 0.6) is 0 Å². The molecule has 0 aliphatic rings. The van der Waals surface area contributed by atoms with Crippen LogP contribution in [0.2, 0.25) is 0 Å². The van der Waals surface area contributed by atoms with Crippen molar-refractivity contribution < 1.29 is 0 Å². The Balaban J connectivity index is 2.21. The average Bonchev–Trinajstić information content (AvgIpc) is 2.18. The van der Waals surface area contributed by atoms with Crippen molar-refractivity contribution >= 4 is 23.3 Å². The molecule has 0 amide bonds. The molecule has 1 aromatic heterocycles. The first-order chi connectivity index (χ1) is 6.83. The van der Waals surface area contributed by atoms with E-state index >= 15 is 0 Å². The first kappa shape index (κ1) is 10.9. The number of nitrogens with two attached hydrogens (primary N) is 1. The molecule has 0 atom stereocenters. The van der Waals surface area contributed by atoms with Gasteiger partial charge in [0, 0.05) is 36.0 Å². The van der Waals surface area contributed by atoms with E-state index in [0.29, 0.717) is 5.82 Å². The van der Waals surface area contributed by atoms with Crippen LogP contribution in [0, 0.1) is 0 Å². The molecule has 1 heterocycles. The van der Waals surface area contributed by atoms with E-state index in [-0.39, 0.29) is 0 Å². The van der Waals surface area contributed by atoms with Crippen molar-refractivity contribution in [2.75, 3.05) is 29.1 Å². The van der Waals surface area contributed by atoms with Crippen LogP contribution < -0.4 is 11.1 Å². The van der Waals surface area contributed by atoms with Gasteiger partial charge >= 0.3 is 0 Å². The van der Waals surface area contributed by atoms with Crippen molar-refractivity contribution in [2.24, 2.45) is 0 Å². The number of pyridine rings is 1. The van der Waals surface area contributed by atoms with Crippen LogP contribution in [0.15, 0.2) is 31.0 Å². The third-order valence-corrected chi connectivity index (χ3v) is 2.56. The number of nitrogens with one attached hydrogen (secondary N) is 1. The standard InChI is InChI=1S/C10H15N3S/c1-2-6-14-7-5-12-9-3-4-13-10(11)8-9/h2-4,8H,1,5-7H2,(H3,11,12,13). The summed E-state index contributed by atoms with van der Waals surface area (Å²) in [6.45, 7) is 4.59. The van der Waals surface area contributed by atoms with Crippen molar-refractivity contribution in [3.05, 3.63) is 31.0 Å². The third-order valence-electron chi connectivity index (χ3n) is 1.59. The minimum Gasteiger partial charge on any atom is -0.384 e. The SMILES string of the molecule is C=CCSCCNc1ccnc(N)c1. The predicted octanol–water partition coefficient (Wildman–Crippen LogP) is 1.99. The summed E-state index contributed by atoms with van der Waals surface area (Å²) in [5.74, 6) is 2.61. The summed E-state index contributed by atoms with van der Waals surface area (Å²) in [5.41, 5.74) is 6.57. The second-order valence-corrected chi connectivity index (χ2v) is 3.91.